The highest BCUT2D eigenvalue weighted by Gasteiger charge is 2.38. The standard InChI is InChI=1S/C9H19NO/c1-7(2)10-5-8(11)9(3,4)6-10/h7-8,11H,5-6H2,1-4H3/t8-/m1/s1. The molecule has 0 spiro atoms. The lowest BCUT2D eigenvalue weighted by Crippen LogP contribution is -2.29. The van der Waals surface area contributed by atoms with Crippen LogP contribution in [0.1, 0.15) is 27.7 Å². The van der Waals surface area contributed by atoms with Gasteiger partial charge in [0.05, 0.1) is 6.10 Å². The van der Waals surface area contributed by atoms with E-state index in [1.54, 1.807) is 0 Å². The van der Waals surface area contributed by atoms with Crippen LogP contribution in [0.5, 0.6) is 0 Å². The van der Waals surface area contributed by atoms with Crippen molar-refractivity contribution in [2.24, 2.45) is 5.41 Å². The molecule has 2 heteroatoms. The van der Waals surface area contributed by atoms with Gasteiger partial charge in [0, 0.05) is 24.5 Å². The first-order valence-electron chi connectivity index (χ1n) is 4.35. The second-order valence-electron chi connectivity index (χ2n) is 4.53. The zero-order chi connectivity index (χ0) is 8.65. The lowest BCUT2D eigenvalue weighted by atomic mass is 9.90. The van der Waals surface area contributed by atoms with Crippen LogP contribution in [0.25, 0.3) is 0 Å². The summed E-state index contributed by atoms with van der Waals surface area (Å²) < 4.78 is 0. The summed E-state index contributed by atoms with van der Waals surface area (Å²) >= 11 is 0. The van der Waals surface area contributed by atoms with Crippen molar-refractivity contribution in [2.75, 3.05) is 13.1 Å². The van der Waals surface area contributed by atoms with E-state index in [0.717, 1.165) is 13.1 Å². The van der Waals surface area contributed by atoms with Crippen LogP contribution in [-0.2, 0) is 0 Å². The zero-order valence-electron chi connectivity index (χ0n) is 7.96. The van der Waals surface area contributed by atoms with Crippen LogP contribution in [0.3, 0.4) is 0 Å². The number of rotatable bonds is 1. The highest BCUT2D eigenvalue weighted by Crippen LogP contribution is 2.30. The Bertz CT molecular complexity index is 142. The van der Waals surface area contributed by atoms with Gasteiger partial charge in [-0.3, -0.25) is 4.90 Å². The first kappa shape index (κ1) is 9.01. The molecule has 0 unspecified atom stereocenters. The summed E-state index contributed by atoms with van der Waals surface area (Å²) in [6, 6.07) is 0.562. The maximum absolute atomic E-state index is 9.63. The van der Waals surface area contributed by atoms with Crippen LogP contribution in [-0.4, -0.2) is 35.2 Å². The molecule has 11 heavy (non-hydrogen) atoms. The Hall–Kier alpha value is -0.0800. The minimum atomic E-state index is -0.148. The maximum atomic E-state index is 9.63. The predicted molar refractivity (Wildman–Crippen MR) is 46.5 cm³/mol. The molecular formula is C9H19NO. The number of aliphatic hydroxyl groups is 1. The van der Waals surface area contributed by atoms with E-state index in [4.69, 9.17) is 0 Å². The van der Waals surface area contributed by atoms with Gasteiger partial charge in [-0.2, -0.15) is 0 Å². The fourth-order valence-electron chi connectivity index (χ4n) is 1.56. The second kappa shape index (κ2) is 2.76. The molecule has 1 N–H and O–H groups in total. The van der Waals surface area contributed by atoms with Gasteiger partial charge in [0.2, 0.25) is 0 Å². The highest BCUT2D eigenvalue weighted by molar-refractivity contribution is 4.91. The number of hydrogen-bond donors (Lipinski definition) is 1. The minimum absolute atomic E-state index is 0.0876. The molecule has 0 amide bonds. The smallest absolute Gasteiger partial charge is 0.0730 e. The van der Waals surface area contributed by atoms with Crippen molar-refractivity contribution in [3.63, 3.8) is 0 Å². The second-order valence-corrected chi connectivity index (χ2v) is 4.53. The first-order chi connectivity index (χ1) is 4.93. The van der Waals surface area contributed by atoms with Gasteiger partial charge in [0.1, 0.15) is 0 Å². The van der Waals surface area contributed by atoms with Crippen LogP contribution in [0, 0.1) is 5.41 Å². The number of hydrogen-bond acceptors (Lipinski definition) is 2. The Kier molecular flexibility index (Phi) is 2.26. The molecule has 1 saturated heterocycles. The Morgan fingerprint density at radius 2 is 2.00 bits per heavy atom. The summed E-state index contributed by atoms with van der Waals surface area (Å²) in [5, 5.41) is 9.63. The summed E-state index contributed by atoms with van der Waals surface area (Å²) in [6.07, 6.45) is -0.148. The van der Waals surface area contributed by atoms with Crippen molar-refractivity contribution in [2.45, 2.75) is 39.8 Å². The molecule has 0 bridgehead atoms. The Labute approximate surface area is 69.2 Å². The predicted octanol–water partition coefficient (Wildman–Crippen LogP) is 1.10. The zero-order valence-corrected chi connectivity index (χ0v) is 7.96. The Morgan fingerprint density at radius 3 is 2.18 bits per heavy atom. The molecule has 0 aromatic rings. The molecule has 1 atom stereocenters. The van der Waals surface area contributed by atoms with Crippen molar-refractivity contribution in [1.29, 1.82) is 0 Å². The molecule has 1 fully saturated rings. The summed E-state index contributed by atoms with van der Waals surface area (Å²) in [7, 11) is 0. The van der Waals surface area contributed by atoms with Crippen molar-refractivity contribution < 1.29 is 5.11 Å². The number of β-amino-alcohol motifs (C(OH)–C–C–N with tert-alkyl or cyclic N) is 1. The molecule has 0 aliphatic carbocycles. The van der Waals surface area contributed by atoms with Crippen molar-refractivity contribution in [1.82, 2.24) is 4.90 Å². The summed E-state index contributed by atoms with van der Waals surface area (Å²) in [5.74, 6) is 0. The Balaban J connectivity index is 2.57. The fourth-order valence-corrected chi connectivity index (χ4v) is 1.56. The quantitative estimate of drug-likeness (QED) is 0.616. The lowest BCUT2D eigenvalue weighted by Gasteiger charge is -2.22. The SMILES string of the molecule is CC(C)N1C[C@@H](O)C(C)(C)C1. The van der Waals surface area contributed by atoms with Crippen LogP contribution >= 0.6 is 0 Å². The molecule has 0 saturated carbocycles. The third-order valence-electron chi connectivity index (χ3n) is 2.65. The van der Waals surface area contributed by atoms with Crippen LogP contribution in [0.15, 0.2) is 0 Å². The molecule has 1 rings (SSSR count). The monoisotopic (exact) mass is 157 g/mol. The van der Waals surface area contributed by atoms with Gasteiger partial charge in [-0.1, -0.05) is 13.8 Å². The van der Waals surface area contributed by atoms with Gasteiger partial charge < -0.3 is 5.11 Å². The Morgan fingerprint density at radius 1 is 1.45 bits per heavy atom. The molecule has 0 aromatic heterocycles. The third-order valence-corrected chi connectivity index (χ3v) is 2.65. The molecule has 1 heterocycles. The van der Waals surface area contributed by atoms with Gasteiger partial charge in [-0.25, -0.2) is 0 Å². The molecule has 0 radical (unpaired) electrons. The van der Waals surface area contributed by atoms with Gasteiger partial charge in [0.25, 0.3) is 0 Å². The van der Waals surface area contributed by atoms with Gasteiger partial charge >= 0.3 is 0 Å². The maximum Gasteiger partial charge on any atom is 0.0730 e. The first-order valence-corrected chi connectivity index (χ1v) is 4.35. The van der Waals surface area contributed by atoms with E-state index in [1.807, 2.05) is 0 Å². The van der Waals surface area contributed by atoms with Crippen LogP contribution in [0.2, 0.25) is 0 Å². The van der Waals surface area contributed by atoms with E-state index in [1.165, 1.54) is 0 Å². The lowest BCUT2D eigenvalue weighted by molar-refractivity contribution is 0.0952. The molecule has 66 valence electrons. The summed E-state index contributed by atoms with van der Waals surface area (Å²) in [4.78, 5) is 2.32. The van der Waals surface area contributed by atoms with E-state index in [-0.39, 0.29) is 11.5 Å². The van der Waals surface area contributed by atoms with E-state index >= 15 is 0 Å². The summed E-state index contributed by atoms with van der Waals surface area (Å²) in [6.45, 7) is 10.5. The topological polar surface area (TPSA) is 23.5 Å². The third kappa shape index (κ3) is 1.74. The molecule has 1 aliphatic heterocycles. The molecule has 2 nitrogen and oxygen atoms in total. The van der Waals surface area contributed by atoms with Crippen LogP contribution < -0.4 is 0 Å². The van der Waals surface area contributed by atoms with Gasteiger partial charge in [-0.05, 0) is 13.8 Å². The van der Waals surface area contributed by atoms with Gasteiger partial charge in [0.15, 0.2) is 0 Å². The number of aliphatic hydroxyl groups excluding tert-OH is 1. The molecular weight excluding hydrogens is 138 g/mol. The van der Waals surface area contributed by atoms with Gasteiger partial charge in [-0.15, -0.1) is 0 Å². The van der Waals surface area contributed by atoms with E-state index in [0.29, 0.717) is 6.04 Å². The van der Waals surface area contributed by atoms with Crippen LogP contribution in [0.4, 0.5) is 0 Å². The molecule has 1 aliphatic rings. The minimum Gasteiger partial charge on any atom is -0.391 e. The van der Waals surface area contributed by atoms with E-state index in [9.17, 15) is 5.11 Å². The number of likely N-dealkylation sites (tertiary alicyclic amines) is 1. The average molecular weight is 157 g/mol. The van der Waals surface area contributed by atoms with Crippen molar-refractivity contribution in [3.8, 4) is 0 Å². The average Bonchev–Trinajstić information content (AvgIpc) is 2.08. The molecule has 0 aromatic carbocycles. The fraction of sp³-hybridized carbons (Fsp3) is 1.00. The van der Waals surface area contributed by atoms with E-state index in [2.05, 4.69) is 32.6 Å². The highest BCUT2D eigenvalue weighted by atomic mass is 16.3. The van der Waals surface area contributed by atoms with E-state index < -0.39 is 0 Å². The number of nitrogens with zero attached hydrogens (tertiary/aromatic N) is 1. The summed E-state index contributed by atoms with van der Waals surface area (Å²) in [5.41, 5.74) is 0.0876. The van der Waals surface area contributed by atoms with Crippen molar-refractivity contribution >= 4 is 0 Å². The van der Waals surface area contributed by atoms with Crippen molar-refractivity contribution in [3.05, 3.63) is 0 Å². The largest absolute Gasteiger partial charge is 0.391 e. The normalized spacial score (nSPS) is 31.6.